The molecule has 270 valence electrons. The summed E-state index contributed by atoms with van der Waals surface area (Å²) >= 11 is 0. The molecule has 1 saturated carbocycles. The van der Waals surface area contributed by atoms with E-state index in [-0.39, 0.29) is 5.41 Å². The summed E-state index contributed by atoms with van der Waals surface area (Å²) in [6.07, 6.45) is 13.9. The molecular formula is C54H43NO. The van der Waals surface area contributed by atoms with Crippen molar-refractivity contribution < 1.29 is 4.42 Å². The molecule has 0 aliphatic heterocycles. The third kappa shape index (κ3) is 4.22. The van der Waals surface area contributed by atoms with Gasteiger partial charge >= 0.3 is 0 Å². The summed E-state index contributed by atoms with van der Waals surface area (Å²) in [5, 5.41) is 2.45. The first-order chi connectivity index (χ1) is 27.8. The van der Waals surface area contributed by atoms with Crippen molar-refractivity contribution in [1.29, 1.82) is 0 Å². The van der Waals surface area contributed by atoms with Crippen LogP contribution in [-0.2, 0) is 10.8 Å². The maximum atomic E-state index is 7.27. The topological polar surface area (TPSA) is 16.4 Å². The van der Waals surface area contributed by atoms with Crippen molar-refractivity contribution >= 4 is 39.2 Å². The number of allylic oxidation sites excluding steroid dienone is 4. The number of benzene rings is 6. The van der Waals surface area contributed by atoms with Gasteiger partial charge in [-0.05, 0) is 113 Å². The number of nitrogens with zero attached hydrogens (tertiary/aromatic N) is 1. The summed E-state index contributed by atoms with van der Waals surface area (Å²) in [6, 6.07) is 56.8. The molecule has 0 bridgehead atoms. The van der Waals surface area contributed by atoms with E-state index in [1.54, 1.807) is 0 Å². The van der Waals surface area contributed by atoms with E-state index in [2.05, 4.69) is 169 Å². The van der Waals surface area contributed by atoms with Crippen molar-refractivity contribution in [2.45, 2.75) is 62.2 Å². The number of fused-ring (bicyclic) bond motifs is 11. The molecule has 1 heterocycles. The van der Waals surface area contributed by atoms with E-state index in [0.29, 0.717) is 0 Å². The van der Waals surface area contributed by atoms with Gasteiger partial charge in [-0.3, -0.25) is 0 Å². The van der Waals surface area contributed by atoms with E-state index in [4.69, 9.17) is 4.42 Å². The van der Waals surface area contributed by atoms with Gasteiger partial charge in [-0.1, -0.05) is 152 Å². The molecule has 0 saturated heterocycles. The number of rotatable bonds is 5. The fraction of sp³-hybridized carbons (Fsp3) is 0.185. The van der Waals surface area contributed by atoms with Crippen LogP contribution in [-0.4, -0.2) is 0 Å². The largest absolute Gasteiger partial charge is 0.454 e. The zero-order valence-electron chi connectivity index (χ0n) is 31.6. The lowest BCUT2D eigenvalue weighted by Crippen LogP contribution is -2.42. The van der Waals surface area contributed by atoms with Crippen LogP contribution in [0.3, 0.4) is 0 Å². The predicted molar refractivity (Wildman–Crippen MR) is 230 cm³/mol. The molecule has 1 atom stereocenters. The van der Waals surface area contributed by atoms with Gasteiger partial charge in [0.15, 0.2) is 5.42 Å². The predicted octanol–water partition coefficient (Wildman–Crippen LogP) is 12.3. The molecule has 1 fully saturated rings. The van der Waals surface area contributed by atoms with E-state index < -0.39 is 5.41 Å². The van der Waals surface area contributed by atoms with E-state index in [0.717, 1.165) is 36.7 Å². The zero-order valence-corrected chi connectivity index (χ0v) is 31.6. The van der Waals surface area contributed by atoms with Gasteiger partial charge in [-0.2, -0.15) is 0 Å². The molecule has 7 aromatic rings. The van der Waals surface area contributed by atoms with Crippen LogP contribution in [0.2, 0.25) is 0 Å². The second-order valence-electron chi connectivity index (χ2n) is 16.4. The van der Waals surface area contributed by atoms with Gasteiger partial charge in [0.25, 0.3) is 0 Å². The quantitative estimate of drug-likeness (QED) is 0.176. The van der Waals surface area contributed by atoms with E-state index in [1.165, 1.54) is 109 Å². The summed E-state index contributed by atoms with van der Waals surface area (Å²) in [6.45, 7) is 0. The zero-order chi connectivity index (χ0) is 36.8. The maximum Gasteiger partial charge on any atom is 0.155 e. The maximum absolute atomic E-state index is 7.27. The Balaban J connectivity index is 1.22. The van der Waals surface area contributed by atoms with Crippen LogP contribution in [0, 0.1) is 0 Å². The summed E-state index contributed by atoms with van der Waals surface area (Å²) in [5.41, 5.74) is 19.4. The van der Waals surface area contributed by atoms with Crippen LogP contribution < -0.4 is 15.5 Å². The summed E-state index contributed by atoms with van der Waals surface area (Å²) in [7, 11) is 0. The summed E-state index contributed by atoms with van der Waals surface area (Å²) in [4.78, 5) is 2.57. The summed E-state index contributed by atoms with van der Waals surface area (Å²) in [5.74, 6) is 0. The van der Waals surface area contributed by atoms with Crippen LogP contribution in [0.1, 0.15) is 79.2 Å². The standard InChI is InChI=1S/C54H43NO/c1-3-18-36(19-4-1)54(43-27-12-7-22-38(43)39-23-8-13-28-44(39)54)46-32-33-48(52-51(46)41-25-10-14-31-49(41)56-52)55(37-20-5-2-6-21-37)47-30-17-29-45-50(47)40-24-9-11-26-42(40)53(45)34-15-16-35-53/h1-7,9-12,14,17-31H,8,13,15-16,32-35H2. The van der Waals surface area contributed by atoms with Gasteiger partial charge in [-0.25, -0.2) is 0 Å². The Morgan fingerprint density at radius 1 is 0.554 bits per heavy atom. The van der Waals surface area contributed by atoms with Crippen molar-refractivity contribution in [3.63, 3.8) is 0 Å². The highest BCUT2D eigenvalue weighted by Crippen LogP contribution is 2.62. The Morgan fingerprint density at radius 3 is 2.07 bits per heavy atom. The first kappa shape index (κ1) is 32.2. The number of para-hydroxylation sites is 2. The first-order valence-corrected chi connectivity index (χ1v) is 20.7. The van der Waals surface area contributed by atoms with Crippen molar-refractivity contribution in [1.82, 2.24) is 0 Å². The molecule has 6 aromatic carbocycles. The highest BCUT2D eigenvalue weighted by atomic mass is 16.3. The molecular weight excluding hydrogens is 679 g/mol. The summed E-state index contributed by atoms with van der Waals surface area (Å²) < 4.78 is 7.27. The molecule has 1 unspecified atom stereocenters. The van der Waals surface area contributed by atoms with Crippen molar-refractivity contribution in [3.05, 3.63) is 208 Å². The molecule has 1 aromatic heterocycles. The Bertz CT molecular complexity index is 2920. The highest BCUT2D eigenvalue weighted by Gasteiger charge is 2.51. The van der Waals surface area contributed by atoms with Gasteiger partial charge in [0.2, 0.25) is 0 Å². The van der Waals surface area contributed by atoms with E-state index >= 15 is 0 Å². The van der Waals surface area contributed by atoms with Gasteiger partial charge in [0, 0.05) is 27.3 Å². The Labute approximate surface area is 328 Å². The van der Waals surface area contributed by atoms with Crippen molar-refractivity contribution in [2.24, 2.45) is 0 Å². The third-order valence-corrected chi connectivity index (χ3v) is 13.9. The SMILES string of the molecule is C1=C2C(=CCC1)C(C1=c3c(oc4ccccc34)=C(N(c3ccccc3)c3cccc4c3-c3ccccc3C43CCCC3)CC1)(c1ccccc1)c1ccccc12. The lowest BCUT2D eigenvalue weighted by Gasteiger charge is -2.39. The Hall–Kier alpha value is -6.12. The smallest absolute Gasteiger partial charge is 0.155 e. The minimum atomic E-state index is -0.434. The number of hydrogen-bond acceptors (Lipinski definition) is 2. The molecule has 0 amide bonds. The lowest BCUT2D eigenvalue weighted by atomic mass is 9.64. The van der Waals surface area contributed by atoms with Crippen molar-refractivity contribution in [3.8, 4) is 11.1 Å². The normalized spacial score (nSPS) is 19.9. The van der Waals surface area contributed by atoms with Gasteiger partial charge in [0.1, 0.15) is 5.58 Å². The minimum Gasteiger partial charge on any atom is -0.454 e. The Kier molecular flexibility index (Phi) is 7.00. The molecule has 0 N–H and O–H groups in total. The molecule has 2 nitrogen and oxygen atoms in total. The first-order valence-electron chi connectivity index (χ1n) is 20.7. The van der Waals surface area contributed by atoms with Crippen LogP contribution in [0.5, 0.6) is 0 Å². The number of furan rings is 1. The molecule has 5 aliphatic rings. The van der Waals surface area contributed by atoms with E-state index in [1.807, 2.05) is 0 Å². The Morgan fingerprint density at radius 2 is 1.23 bits per heavy atom. The average Bonchev–Trinajstić information content (AvgIpc) is 4.05. The molecule has 2 heteroatoms. The molecule has 1 spiro atoms. The fourth-order valence-electron chi connectivity index (χ4n) is 11.8. The highest BCUT2D eigenvalue weighted by molar-refractivity contribution is 6.02. The number of hydrogen-bond donors (Lipinski definition) is 0. The average molecular weight is 722 g/mol. The van der Waals surface area contributed by atoms with Crippen LogP contribution in [0.25, 0.3) is 38.9 Å². The molecule has 56 heavy (non-hydrogen) atoms. The minimum absolute atomic E-state index is 0.0872. The molecule has 5 aliphatic carbocycles. The number of anilines is 2. The second-order valence-corrected chi connectivity index (χ2v) is 16.4. The molecule has 0 radical (unpaired) electrons. The van der Waals surface area contributed by atoms with Crippen LogP contribution >= 0.6 is 0 Å². The van der Waals surface area contributed by atoms with Gasteiger partial charge in [0.05, 0.1) is 16.8 Å². The van der Waals surface area contributed by atoms with Crippen LogP contribution in [0.4, 0.5) is 11.4 Å². The van der Waals surface area contributed by atoms with Gasteiger partial charge < -0.3 is 9.32 Å². The fourth-order valence-corrected chi connectivity index (χ4v) is 11.8. The lowest BCUT2D eigenvalue weighted by molar-refractivity contribution is 0.550. The second kappa shape index (κ2) is 12.2. The molecule has 12 rings (SSSR count). The van der Waals surface area contributed by atoms with Crippen molar-refractivity contribution in [2.75, 3.05) is 4.90 Å². The third-order valence-electron chi connectivity index (χ3n) is 13.9. The monoisotopic (exact) mass is 721 g/mol. The van der Waals surface area contributed by atoms with Gasteiger partial charge in [-0.15, -0.1) is 0 Å². The van der Waals surface area contributed by atoms with E-state index in [9.17, 15) is 0 Å². The van der Waals surface area contributed by atoms with Crippen LogP contribution in [0.15, 0.2) is 174 Å².